The fraction of sp³-hybridized carbons (Fsp3) is 0.611. The van der Waals surface area contributed by atoms with E-state index in [-0.39, 0.29) is 5.91 Å². The first-order chi connectivity index (χ1) is 11.3. The van der Waals surface area contributed by atoms with Gasteiger partial charge < -0.3 is 19.7 Å². The van der Waals surface area contributed by atoms with Crippen molar-refractivity contribution in [1.82, 2.24) is 10.2 Å². The zero-order valence-electron chi connectivity index (χ0n) is 13.8. The van der Waals surface area contributed by atoms with Gasteiger partial charge in [-0.15, -0.1) is 0 Å². The Labute approximate surface area is 137 Å². The molecule has 126 valence electrons. The Balaban J connectivity index is 1.49. The Morgan fingerprint density at radius 1 is 1.26 bits per heavy atom. The highest BCUT2D eigenvalue weighted by Gasteiger charge is 2.34. The Morgan fingerprint density at radius 3 is 2.87 bits per heavy atom. The minimum atomic E-state index is -0.0529. The molecule has 1 unspecified atom stereocenters. The van der Waals surface area contributed by atoms with Crippen LogP contribution in [0, 0.1) is 5.92 Å². The molecule has 0 radical (unpaired) electrons. The molecule has 1 saturated carbocycles. The van der Waals surface area contributed by atoms with Crippen LogP contribution < -0.4 is 10.1 Å². The molecule has 1 aromatic rings. The van der Waals surface area contributed by atoms with Crippen LogP contribution in [0.4, 0.5) is 0 Å². The molecule has 1 atom stereocenters. The van der Waals surface area contributed by atoms with Gasteiger partial charge in [0.05, 0.1) is 12.2 Å². The lowest BCUT2D eigenvalue weighted by molar-refractivity contribution is 0.0939. The number of amides is 1. The van der Waals surface area contributed by atoms with Gasteiger partial charge in [0.25, 0.3) is 5.91 Å². The number of likely N-dealkylation sites (tertiary alicyclic amines) is 1. The Morgan fingerprint density at radius 2 is 2.09 bits per heavy atom. The molecule has 0 bridgehead atoms. The summed E-state index contributed by atoms with van der Waals surface area (Å²) in [7, 11) is 1.63. The number of methoxy groups -OCH3 is 1. The molecule has 2 aliphatic rings. The standard InChI is InChI=1S/C18H26N2O3/c1-22-10-11-23-17-5-3-2-4-16(17)18(21)19-12-14-8-9-20(13-14)15-6-7-15/h2-5,14-15H,6-13H2,1H3,(H,19,21). The van der Waals surface area contributed by atoms with E-state index in [4.69, 9.17) is 9.47 Å². The Bertz CT molecular complexity index is 531. The van der Waals surface area contributed by atoms with Crippen molar-refractivity contribution >= 4 is 5.91 Å². The Kier molecular flexibility index (Phi) is 5.51. The van der Waals surface area contributed by atoms with Gasteiger partial charge in [-0.1, -0.05) is 12.1 Å². The number of para-hydroxylation sites is 1. The van der Waals surface area contributed by atoms with Gasteiger partial charge in [0, 0.05) is 26.2 Å². The zero-order chi connectivity index (χ0) is 16.1. The first-order valence-electron chi connectivity index (χ1n) is 8.51. The SMILES string of the molecule is COCCOc1ccccc1C(=O)NCC1CCN(C2CC2)C1. The summed E-state index contributed by atoms with van der Waals surface area (Å²) in [6.45, 7) is 4.00. The summed E-state index contributed by atoms with van der Waals surface area (Å²) in [5.74, 6) is 1.14. The van der Waals surface area contributed by atoms with E-state index in [9.17, 15) is 4.79 Å². The lowest BCUT2D eigenvalue weighted by Crippen LogP contribution is -2.31. The number of rotatable bonds is 8. The highest BCUT2D eigenvalue weighted by atomic mass is 16.5. The van der Waals surface area contributed by atoms with Gasteiger partial charge in [0.2, 0.25) is 0 Å². The summed E-state index contributed by atoms with van der Waals surface area (Å²) in [6.07, 6.45) is 3.89. The third-order valence-electron chi connectivity index (χ3n) is 4.61. The molecule has 5 heteroatoms. The van der Waals surface area contributed by atoms with E-state index in [0.29, 0.717) is 30.4 Å². The van der Waals surface area contributed by atoms with Gasteiger partial charge in [-0.05, 0) is 43.9 Å². The van der Waals surface area contributed by atoms with Crippen molar-refractivity contribution in [2.75, 3.05) is 40.0 Å². The van der Waals surface area contributed by atoms with Crippen molar-refractivity contribution in [2.24, 2.45) is 5.92 Å². The second-order valence-electron chi connectivity index (χ2n) is 6.43. The third kappa shape index (κ3) is 4.45. The predicted molar refractivity (Wildman–Crippen MR) is 88.8 cm³/mol. The number of hydrogen-bond donors (Lipinski definition) is 1. The minimum absolute atomic E-state index is 0.0529. The molecule has 23 heavy (non-hydrogen) atoms. The topological polar surface area (TPSA) is 50.8 Å². The van der Waals surface area contributed by atoms with Gasteiger partial charge in [0.1, 0.15) is 12.4 Å². The van der Waals surface area contributed by atoms with Crippen molar-refractivity contribution in [3.05, 3.63) is 29.8 Å². The smallest absolute Gasteiger partial charge is 0.255 e. The largest absolute Gasteiger partial charge is 0.490 e. The van der Waals surface area contributed by atoms with Gasteiger partial charge in [0.15, 0.2) is 0 Å². The lowest BCUT2D eigenvalue weighted by atomic mass is 10.1. The highest BCUT2D eigenvalue weighted by molar-refractivity contribution is 5.96. The fourth-order valence-electron chi connectivity index (χ4n) is 3.15. The molecular weight excluding hydrogens is 292 g/mol. The fourth-order valence-corrected chi connectivity index (χ4v) is 3.15. The molecule has 1 aromatic carbocycles. The van der Waals surface area contributed by atoms with Crippen LogP contribution in [0.15, 0.2) is 24.3 Å². The van der Waals surface area contributed by atoms with Crippen LogP contribution in [0.25, 0.3) is 0 Å². The average molecular weight is 318 g/mol. The molecular formula is C18H26N2O3. The number of nitrogens with one attached hydrogen (secondary N) is 1. The normalized spacial score (nSPS) is 21.3. The second-order valence-corrected chi connectivity index (χ2v) is 6.43. The molecule has 5 nitrogen and oxygen atoms in total. The van der Waals surface area contributed by atoms with E-state index < -0.39 is 0 Å². The quantitative estimate of drug-likeness (QED) is 0.744. The second kappa shape index (κ2) is 7.79. The van der Waals surface area contributed by atoms with Crippen LogP contribution in [0.3, 0.4) is 0 Å². The van der Waals surface area contributed by atoms with Crippen LogP contribution in [0.5, 0.6) is 5.75 Å². The van der Waals surface area contributed by atoms with E-state index in [1.807, 2.05) is 24.3 Å². The predicted octanol–water partition coefficient (Wildman–Crippen LogP) is 1.93. The molecule has 1 heterocycles. The number of nitrogens with zero attached hydrogens (tertiary/aromatic N) is 1. The molecule has 1 aliphatic carbocycles. The summed E-state index contributed by atoms with van der Waals surface area (Å²) >= 11 is 0. The number of carbonyl (C=O) groups excluding carboxylic acids is 1. The maximum Gasteiger partial charge on any atom is 0.255 e. The molecule has 3 rings (SSSR count). The maximum absolute atomic E-state index is 12.4. The highest BCUT2D eigenvalue weighted by Crippen LogP contribution is 2.31. The van der Waals surface area contributed by atoms with Crippen LogP contribution in [0.2, 0.25) is 0 Å². The first-order valence-corrected chi connectivity index (χ1v) is 8.51. The van der Waals surface area contributed by atoms with Crippen LogP contribution in [0.1, 0.15) is 29.6 Å². The number of carbonyl (C=O) groups is 1. The van der Waals surface area contributed by atoms with E-state index >= 15 is 0 Å². The van der Waals surface area contributed by atoms with E-state index in [0.717, 1.165) is 19.1 Å². The first kappa shape index (κ1) is 16.3. The molecule has 0 spiro atoms. The van der Waals surface area contributed by atoms with Crippen molar-refractivity contribution in [1.29, 1.82) is 0 Å². The number of benzene rings is 1. The lowest BCUT2D eigenvalue weighted by Gasteiger charge is -2.16. The number of hydrogen-bond acceptors (Lipinski definition) is 4. The van der Waals surface area contributed by atoms with Gasteiger partial charge >= 0.3 is 0 Å². The maximum atomic E-state index is 12.4. The van der Waals surface area contributed by atoms with Gasteiger partial charge in [-0.3, -0.25) is 4.79 Å². The van der Waals surface area contributed by atoms with Crippen molar-refractivity contribution in [3.63, 3.8) is 0 Å². The monoisotopic (exact) mass is 318 g/mol. The summed E-state index contributed by atoms with van der Waals surface area (Å²) in [6, 6.07) is 8.20. The summed E-state index contributed by atoms with van der Waals surface area (Å²) in [4.78, 5) is 15.0. The zero-order valence-corrected chi connectivity index (χ0v) is 13.8. The van der Waals surface area contributed by atoms with Crippen molar-refractivity contribution in [3.8, 4) is 5.75 Å². The minimum Gasteiger partial charge on any atom is -0.490 e. The van der Waals surface area contributed by atoms with Crippen LogP contribution in [-0.4, -0.2) is 56.8 Å². The van der Waals surface area contributed by atoms with Gasteiger partial charge in [-0.2, -0.15) is 0 Å². The Hall–Kier alpha value is -1.59. The summed E-state index contributed by atoms with van der Waals surface area (Å²) in [5, 5.41) is 3.07. The van der Waals surface area contributed by atoms with Crippen LogP contribution in [-0.2, 0) is 4.74 Å². The molecule has 2 fully saturated rings. The molecule has 1 N–H and O–H groups in total. The van der Waals surface area contributed by atoms with E-state index in [2.05, 4.69) is 10.2 Å². The third-order valence-corrected chi connectivity index (χ3v) is 4.61. The molecule has 1 saturated heterocycles. The molecule has 1 aliphatic heterocycles. The van der Waals surface area contributed by atoms with Gasteiger partial charge in [-0.25, -0.2) is 0 Å². The van der Waals surface area contributed by atoms with Crippen molar-refractivity contribution < 1.29 is 14.3 Å². The molecule has 1 amide bonds. The van der Waals surface area contributed by atoms with E-state index in [1.54, 1.807) is 7.11 Å². The van der Waals surface area contributed by atoms with Crippen molar-refractivity contribution in [2.45, 2.75) is 25.3 Å². The summed E-state index contributed by atoms with van der Waals surface area (Å²) in [5.41, 5.74) is 0.598. The summed E-state index contributed by atoms with van der Waals surface area (Å²) < 4.78 is 10.6. The average Bonchev–Trinajstić information content (AvgIpc) is 3.32. The number of ether oxygens (including phenoxy) is 2. The van der Waals surface area contributed by atoms with Crippen LogP contribution >= 0.6 is 0 Å². The van der Waals surface area contributed by atoms with E-state index in [1.165, 1.54) is 25.8 Å². The molecule has 0 aromatic heterocycles.